The first kappa shape index (κ1) is 23.9. The van der Waals surface area contributed by atoms with Gasteiger partial charge in [0.25, 0.3) is 0 Å². The van der Waals surface area contributed by atoms with Crippen LogP contribution in [0.2, 0.25) is 0 Å². The van der Waals surface area contributed by atoms with E-state index in [1.54, 1.807) is 18.2 Å². The van der Waals surface area contributed by atoms with Gasteiger partial charge in [0.15, 0.2) is 11.6 Å². The van der Waals surface area contributed by atoms with Gasteiger partial charge in [-0.3, -0.25) is 4.72 Å². The molecule has 1 aliphatic heterocycles. The van der Waals surface area contributed by atoms with Crippen molar-refractivity contribution >= 4 is 15.7 Å². The third kappa shape index (κ3) is 5.81. The first-order valence-corrected chi connectivity index (χ1v) is 12.5. The molecule has 34 heavy (non-hydrogen) atoms. The van der Waals surface area contributed by atoms with E-state index in [0.29, 0.717) is 28.4 Å². The third-order valence-electron chi connectivity index (χ3n) is 5.29. The molecule has 180 valence electrons. The Kier molecular flexibility index (Phi) is 6.99. The quantitative estimate of drug-likeness (QED) is 0.480. The van der Waals surface area contributed by atoms with Crippen LogP contribution in [0.3, 0.4) is 0 Å². The Balaban J connectivity index is 1.76. The van der Waals surface area contributed by atoms with Crippen molar-refractivity contribution in [2.45, 2.75) is 26.4 Å². The van der Waals surface area contributed by atoms with Crippen LogP contribution in [0.4, 0.5) is 14.5 Å². The van der Waals surface area contributed by atoms with Gasteiger partial charge in [-0.05, 0) is 68.8 Å². The van der Waals surface area contributed by atoms with Crippen molar-refractivity contribution in [1.29, 1.82) is 0 Å². The number of benzene rings is 2. The highest BCUT2D eigenvalue weighted by Gasteiger charge is 2.19. The zero-order chi connectivity index (χ0) is 24.3. The first-order valence-electron chi connectivity index (χ1n) is 10.9. The van der Waals surface area contributed by atoms with Crippen LogP contribution in [0, 0.1) is 18.6 Å². The van der Waals surface area contributed by atoms with Crippen molar-refractivity contribution in [2.24, 2.45) is 0 Å². The van der Waals surface area contributed by atoms with Crippen molar-refractivity contribution in [3.8, 4) is 28.5 Å². The van der Waals surface area contributed by atoms with Gasteiger partial charge in [-0.25, -0.2) is 22.2 Å². The molecule has 1 fully saturated rings. The Morgan fingerprint density at radius 1 is 1.12 bits per heavy atom. The average Bonchev–Trinajstić information content (AvgIpc) is 3.29. The maximum atomic E-state index is 14.3. The van der Waals surface area contributed by atoms with Crippen LogP contribution in [-0.4, -0.2) is 38.3 Å². The van der Waals surface area contributed by atoms with Crippen LogP contribution in [-0.2, 0) is 10.0 Å². The largest absolute Gasteiger partial charge is 0.473 e. The molecule has 0 bridgehead atoms. The second-order valence-electron chi connectivity index (χ2n) is 7.96. The van der Waals surface area contributed by atoms with Crippen molar-refractivity contribution in [3.63, 3.8) is 0 Å². The molecule has 1 aliphatic rings. The van der Waals surface area contributed by atoms with Gasteiger partial charge in [0.2, 0.25) is 15.9 Å². The number of aryl methyl sites for hydroxylation is 1. The highest BCUT2D eigenvalue weighted by molar-refractivity contribution is 7.92. The molecule has 0 amide bonds. The van der Waals surface area contributed by atoms with Crippen LogP contribution < -0.4 is 19.5 Å². The van der Waals surface area contributed by atoms with Gasteiger partial charge in [0.05, 0.1) is 5.75 Å². The van der Waals surface area contributed by atoms with E-state index in [2.05, 4.69) is 15.0 Å². The number of hydrogen-bond donors (Lipinski definition) is 2. The number of nitrogens with one attached hydrogen (secondary N) is 2. The van der Waals surface area contributed by atoms with Crippen molar-refractivity contribution in [1.82, 2.24) is 10.3 Å². The molecular formula is C24H25F2N3O4S. The molecule has 0 radical (unpaired) electrons. The first-order chi connectivity index (χ1) is 16.2. The standard InChI is InChI=1S/C24H25F2N3O4S/c1-3-34(30,31)29-18-5-7-22(33-23-6-4-17(25)12-21(23)26)20(13-18)16-10-15(2)28-24(11-16)32-19-8-9-27-14-19/h4-7,10-13,19,27,29H,3,8-9,14H2,1-2H3. The third-order valence-corrected chi connectivity index (χ3v) is 6.60. The Labute approximate surface area is 197 Å². The van der Waals surface area contributed by atoms with E-state index in [1.165, 1.54) is 25.1 Å². The van der Waals surface area contributed by atoms with Gasteiger partial charge in [-0.1, -0.05) is 0 Å². The Hall–Kier alpha value is -3.24. The van der Waals surface area contributed by atoms with Gasteiger partial charge in [-0.2, -0.15) is 0 Å². The lowest BCUT2D eigenvalue weighted by atomic mass is 10.0. The highest BCUT2D eigenvalue weighted by atomic mass is 32.2. The molecule has 1 atom stereocenters. The number of ether oxygens (including phenoxy) is 2. The minimum Gasteiger partial charge on any atom is -0.473 e. The number of hydrogen-bond acceptors (Lipinski definition) is 6. The summed E-state index contributed by atoms with van der Waals surface area (Å²) in [5.41, 5.74) is 2.13. The molecule has 2 aromatic carbocycles. The molecule has 1 aromatic heterocycles. The SMILES string of the molecule is CCS(=O)(=O)Nc1ccc(Oc2ccc(F)cc2F)c(-c2cc(C)nc(OC3CCNC3)c2)c1. The highest BCUT2D eigenvalue weighted by Crippen LogP contribution is 2.38. The number of sulfonamides is 1. The van der Waals surface area contributed by atoms with Crippen molar-refractivity contribution in [2.75, 3.05) is 23.6 Å². The van der Waals surface area contributed by atoms with Crippen LogP contribution in [0.5, 0.6) is 17.4 Å². The number of aromatic nitrogens is 1. The number of rotatable bonds is 8. The molecule has 0 spiro atoms. The molecular weight excluding hydrogens is 464 g/mol. The van der Waals surface area contributed by atoms with E-state index >= 15 is 0 Å². The van der Waals surface area contributed by atoms with Gasteiger partial charge in [0.1, 0.15) is 17.7 Å². The zero-order valence-electron chi connectivity index (χ0n) is 18.8. The van der Waals surface area contributed by atoms with Crippen LogP contribution >= 0.6 is 0 Å². The maximum Gasteiger partial charge on any atom is 0.232 e. The minimum atomic E-state index is -3.52. The average molecular weight is 490 g/mol. The van der Waals surface area contributed by atoms with Gasteiger partial charge >= 0.3 is 0 Å². The molecule has 7 nitrogen and oxygen atoms in total. The summed E-state index contributed by atoms with van der Waals surface area (Å²) in [6.45, 7) is 4.93. The second-order valence-corrected chi connectivity index (χ2v) is 9.97. The second kappa shape index (κ2) is 9.94. The molecule has 10 heteroatoms. The molecule has 1 unspecified atom stereocenters. The minimum absolute atomic E-state index is 0.00567. The monoisotopic (exact) mass is 489 g/mol. The normalized spacial score (nSPS) is 15.8. The Morgan fingerprint density at radius 2 is 1.91 bits per heavy atom. The summed E-state index contributed by atoms with van der Waals surface area (Å²) in [5.74, 6) is -1.16. The molecule has 2 heterocycles. The summed E-state index contributed by atoms with van der Waals surface area (Å²) < 4.78 is 66.1. The van der Waals surface area contributed by atoms with Gasteiger partial charge < -0.3 is 14.8 Å². The lowest BCUT2D eigenvalue weighted by Gasteiger charge is -2.17. The summed E-state index contributed by atoms with van der Waals surface area (Å²) in [6.07, 6.45) is 0.853. The van der Waals surface area contributed by atoms with E-state index in [4.69, 9.17) is 9.47 Å². The molecule has 4 rings (SSSR count). The molecule has 2 N–H and O–H groups in total. The van der Waals surface area contributed by atoms with E-state index in [1.807, 2.05) is 6.92 Å². The lowest BCUT2D eigenvalue weighted by molar-refractivity contribution is 0.214. The number of pyridine rings is 1. The fraction of sp³-hybridized carbons (Fsp3) is 0.292. The number of anilines is 1. The van der Waals surface area contributed by atoms with E-state index in [0.717, 1.165) is 31.6 Å². The molecule has 3 aromatic rings. The summed E-state index contributed by atoms with van der Waals surface area (Å²) in [7, 11) is -3.52. The molecule has 1 saturated heterocycles. The number of halogens is 2. The van der Waals surface area contributed by atoms with Crippen LogP contribution in [0.15, 0.2) is 48.5 Å². The predicted octanol–water partition coefficient (Wildman–Crippen LogP) is 4.63. The predicted molar refractivity (Wildman–Crippen MR) is 126 cm³/mol. The maximum absolute atomic E-state index is 14.3. The summed E-state index contributed by atoms with van der Waals surface area (Å²) in [6, 6.07) is 11.2. The Bertz CT molecular complexity index is 1300. The number of nitrogens with zero attached hydrogens (tertiary/aromatic N) is 1. The summed E-state index contributed by atoms with van der Waals surface area (Å²) >= 11 is 0. The van der Waals surface area contributed by atoms with Gasteiger partial charge in [0, 0.05) is 35.6 Å². The van der Waals surface area contributed by atoms with E-state index in [-0.39, 0.29) is 23.4 Å². The summed E-state index contributed by atoms with van der Waals surface area (Å²) in [5, 5.41) is 3.23. The van der Waals surface area contributed by atoms with Crippen LogP contribution in [0.25, 0.3) is 11.1 Å². The topological polar surface area (TPSA) is 89.6 Å². The van der Waals surface area contributed by atoms with E-state index in [9.17, 15) is 17.2 Å². The molecule has 0 saturated carbocycles. The fourth-order valence-electron chi connectivity index (χ4n) is 3.59. The lowest BCUT2D eigenvalue weighted by Crippen LogP contribution is -2.20. The van der Waals surface area contributed by atoms with Crippen LogP contribution in [0.1, 0.15) is 19.0 Å². The van der Waals surface area contributed by atoms with E-state index < -0.39 is 21.7 Å². The summed E-state index contributed by atoms with van der Waals surface area (Å²) in [4.78, 5) is 4.45. The zero-order valence-corrected chi connectivity index (χ0v) is 19.6. The van der Waals surface area contributed by atoms with Gasteiger partial charge in [-0.15, -0.1) is 0 Å². The van der Waals surface area contributed by atoms with Crippen molar-refractivity contribution in [3.05, 3.63) is 65.9 Å². The smallest absolute Gasteiger partial charge is 0.232 e. The Morgan fingerprint density at radius 3 is 2.62 bits per heavy atom. The van der Waals surface area contributed by atoms with Crippen molar-refractivity contribution < 1.29 is 26.7 Å². The molecule has 0 aliphatic carbocycles. The fourth-order valence-corrected chi connectivity index (χ4v) is 4.22.